The van der Waals surface area contributed by atoms with Crippen molar-refractivity contribution in [3.05, 3.63) is 36.9 Å². The molecular formula is C9H8N4S. The summed E-state index contributed by atoms with van der Waals surface area (Å²) in [4.78, 5) is 12.1. The van der Waals surface area contributed by atoms with Crippen LogP contribution in [0.1, 0.15) is 0 Å². The van der Waals surface area contributed by atoms with Gasteiger partial charge in [0.2, 0.25) is 0 Å². The van der Waals surface area contributed by atoms with Crippen LogP contribution in [0, 0.1) is 0 Å². The van der Waals surface area contributed by atoms with Gasteiger partial charge in [0.1, 0.15) is 16.4 Å². The van der Waals surface area contributed by atoms with Gasteiger partial charge in [0.05, 0.1) is 5.69 Å². The third-order valence-corrected chi connectivity index (χ3v) is 2.54. The van der Waals surface area contributed by atoms with Crippen LogP contribution in [0.2, 0.25) is 0 Å². The van der Waals surface area contributed by atoms with E-state index in [1.165, 1.54) is 18.1 Å². The van der Waals surface area contributed by atoms with Gasteiger partial charge in [-0.2, -0.15) is 0 Å². The van der Waals surface area contributed by atoms with Gasteiger partial charge in [-0.3, -0.25) is 0 Å². The van der Waals surface area contributed by atoms with Gasteiger partial charge in [0.15, 0.2) is 0 Å². The van der Waals surface area contributed by atoms with E-state index in [0.717, 1.165) is 10.1 Å². The van der Waals surface area contributed by atoms with Crippen LogP contribution in [-0.2, 0) is 0 Å². The van der Waals surface area contributed by atoms with Crippen molar-refractivity contribution in [1.82, 2.24) is 15.0 Å². The number of pyridine rings is 1. The normalized spacial score (nSPS) is 10.0. The Labute approximate surface area is 85.6 Å². The van der Waals surface area contributed by atoms with E-state index in [1.54, 1.807) is 18.5 Å². The van der Waals surface area contributed by atoms with E-state index in [4.69, 9.17) is 5.73 Å². The van der Waals surface area contributed by atoms with Crippen molar-refractivity contribution in [2.24, 2.45) is 0 Å². The number of hydrogen-bond acceptors (Lipinski definition) is 5. The smallest absolute Gasteiger partial charge is 0.125 e. The molecule has 0 aliphatic carbocycles. The lowest BCUT2D eigenvalue weighted by Gasteiger charge is -2.01. The van der Waals surface area contributed by atoms with Crippen LogP contribution < -0.4 is 5.73 Å². The van der Waals surface area contributed by atoms with Gasteiger partial charge < -0.3 is 5.73 Å². The molecule has 0 fully saturated rings. The van der Waals surface area contributed by atoms with E-state index in [1.807, 2.05) is 12.1 Å². The molecule has 0 aromatic carbocycles. The third-order valence-electron chi connectivity index (χ3n) is 1.56. The van der Waals surface area contributed by atoms with Crippen LogP contribution in [0.15, 0.2) is 47.0 Å². The van der Waals surface area contributed by atoms with Crippen molar-refractivity contribution in [2.75, 3.05) is 5.73 Å². The van der Waals surface area contributed by atoms with Crippen LogP contribution in [0.25, 0.3) is 0 Å². The molecule has 0 unspecified atom stereocenters. The molecule has 0 bridgehead atoms. The molecule has 4 nitrogen and oxygen atoms in total. The summed E-state index contributed by atoms with van der Waals surface area (Å²) in [5, 5.41) is 1.61. The van der Waals surface area contributed by atoms with Gasteiger partial charge in [0.25, 0.3) is 0 Å². The second-order valence-corrected chi connectivity index (χ2v) is 3.56. The summed E-state index contributed by atoms with van der Waals surface area (Å²) in [6.07, 6.45) is 4.90. The predicted molar refractivity (Wildman–Crippen MR) is 54.8 cm³/mol. The molecule has 0 aliphatic rings. The zero-order chi connectivity index (χ0) is 9.80. The Bertz CT molecular complexity index is 418. The summed E-state index contributed by atoms with van der Waals surface area (Å²) in [6.45, 7) is 0. The fourth-order valence-corrected chi connectivity index (χ4v) is 1.65. The Kier molecular flexibility index (Phi) is 2.60. The number of aromatic nitrogens is 3. The highest BCUT2D eigenvalue weighted by Gasteiger charge is 2.02. The molecule has 14 heavy (non-hydrogen) atoms. The van der Waals surface area contributed by atoms with Crippen molar-refractivity contribution < 1.29 is 0 Å². The quantitative estimate of drug-likeness (QED) is 0.753. The highest BCUT2D eigenvalue weighted by atomic mass is 32.2. The molecule has 0 atom stereocenters. The van der Waals surface area contributed by atoms with E-state index >= 15 is 0 Å². The van der Waals surface area contributed by atoms with Gasteiger partial charge in [0, 0.05) is 12.4 Å². The topological polar surface area (TPSA) is 64.7 Å². The van der Waals surface area contributed by atoms with Crippen molar-refractivity contribution in [1.29, 1.82) is 0 Å². The van der Waals surface area contributed by atoms with Gasteiger partial charge >= 0.3 is 0 Å². The zero-order valence-corrected chi connectivity index (χ0v) is 8.11. The first-order chi connectivity index (χ1) is 6.86. The molecule has 5 heteroatoms. The highest BCUT2D eigenvalue weighted by Crippen LogP contribution is 2.27. The summed E-state index contributed by atoms with van der Waals surface area (Å²) in [5.41, 5.74) is 6.40. The summed E-state index contributed by atoms with van der Waals surface area (Å²) in [6, 6.07) is 5.44. The summed E-state index contributed by atoms with van der Waals surface area (Å²) < 4.78 is 0. The Hall–Kier alpha value is -1.62. The summed E-state index contributed by atoms with van der Waals surface area (Å²) in [5.74, 6) is 0. The minimum absolute atomic E-state index is 0.663. The number of hydrogen-bond donors (Lipinski definition) is 1. The minimum Gasteiger partial charge on any atom is -0.397 e. The summed E-state index contributed by atoms with van der Waals surface area (Å²) >= 11 is 1.43. The average Bonchev–Trinajstić information content (AvgIpc) is 2.23. The van der Waals surface area contributed by atoms with Crippen LogP contribution >= 0.6 is 11.8 Å². The van der Waals surface area contributed by atoms with E-state index in [0.29, 0.717) is 5.69 Å². The predicted octanol–water partition coefficient (Wildman–Crippen LogP) is 1.60. The molecule has 0 amide bonds. The van der Waals surface area contributed by atoms with Crippen LogP contribution in [-0.4, -0.2) is 15.0 Å². The number of anilines is 1. The Balaban J connectivity index is 2.24. The number of nitrogens with zero attached hydrogens (tertiary/aromatic N) is 3. The van der Waals surface area contributed by atoms with Crippen molar-refractivity contribution in [2.45, 2.75) is 10.1 Å². The molecular weight excluding hydrogens is 196 g/mol. The van der Waals surface area contributed by atoms with Gasteiger partial charge in [-0.15, -0.1) is 0 Å². The van der Waals surface area contributed by atoms with Gasteiger partial charge in [-0.1, -0.05) is 0 Å². The summed E-state index contributed by atoms with van der Waals surface area (Å²) in [7, 11) is 0. The molecule has 2 heterocycles. The van der Waals surface area contributed by atoms with E-state index in [2.05, 4.69) is 15.0 Å². The van der Waals surface area contributed by atoms with E-state index in [-0.39, 0.29) is 0 Å². The van der Waals surface area contributed by atoms with Crippen molar-refractivity contribution >= 4 is 17.4 Å². The molecule has 0 radical (unpaired) electrons. The first kappa shape index (κ1) is 8.96. The second kappa shape index (κ2) is 4.06. The fourth-order valence-electron chi connectivity index (χ4n) is 0.927. The van der Waals surface area contributed by atoms with Crippen LogP contribution in [0.5, 0.6) is 0 Å². The molecule has 2 N–H and O–H groups in total. The molecule has 70 valence electrons. The molecule has 0 aliphatic heterocycles. The number of nitrogen functional groups attached to an aromatic ring is 1. The Morgan fingerprint density at radius 2 is 2.07 bits per heavy atom. The fraction of sp³-hybridized carbons (Fsp3) is 0. The largest absolute Gasteiger partial charge is 0.397 e. The standard InChI is InChI=1S/C9H8N4S/c10-7-2-1-4-12-9(7)14-8-3-5-11-6-13-8/h1-6H,10H2. The van der Waals surface area contributed by atoms with Crippen LogP contribution in [0.4, 0.5) is 5.69 Å². The van der Waals surface area contributed by atoms with Crippen LogP contribution in [0.3, 0.4) is 0 Å². The third kappa shape index (κ3) is 2.00. The first-order valence-electron chi connectivity index (χ1n) is 4.00. The zero-order valence-electron chi connectivity index (χ0n) is 7.29. The Morgan fingerprint density at radius 1 is 1.14 bits per heavy atom. The lowest BCUT2D eigenvalue weighted by molar-refractivity contribution is 1.04. The van der Waals surface area contributed by atoms with Gasteiger partial charge in [-0.05, 0) is 30.0 Å². The molecule has 2 rings (SSSR count). The lowest BCUT2D eigenvalue weighted by atomic mass is 10.4. The van der Waals surface area contributed by atoms with E-state index in [9.17, 15) is 0 Å². The Morgan fingerprint density at radius 3 is 2.79 bits per heavy atom. The SMILES string of the molecule is Nc1cccnc1Sc1ccncn1. The van der Waals surface area contributed by atoms with Gasteiger partial charge in [-0.25, -0.2) is 15.0 Å². The maximum absolute atomic E-state index is 5.74. The maximum Gasteiger partial charge on any atom is 0.125 e. The lowest BCUT2D eigenvalue weighted by Crippen LogP contribution is -1.91. The molecule has 0 saturated heterocycles. The minimum atomic E-state index is 0.663. The monoisotopic (exact) mass is 204 g/mol. The maximum atomic E-state index is 5.74. The van der Waals surface area contributed by atoms with Crippen molar-refractivity contribution in [3.63, 3.8) is 0 Å². The second-order valence-electron chi connectivity index (χ2n) is 2.55. The van der Waals surface area contributed by atoms with E-state index < -0.39 is 0 Å². The van der Waals surface area contributed by atoms with Crippen molar-refractivity contribution in [3.8, 4) is 0 Å². The molecule has 2 aromatic rings. The highest BCUT2D eigenvalue weighted by molar-refractivity contribution is 7.99. The number of nitrogens with two attached hydrogens (primary N) is 1. The molecule has 2 aromatic heterocycles. The average molecular weight is 204 g/mol. The molecule has 0 spiro atoms. The first-order valence-corrected chi connectivity index (χ1v) is 4.82. The number of rotatable bonds is 2. The molecule has 0 saturated carbocycles.